The summed E-state index contributed by atoms with van der Waals surface area (Å²) in [6.07, 6.45) is 0.351. The molecule has 0 bridgehead atoms. The number of benzene rings is 1. The molecule has 1 heterocycles. The second-order valence-electron chi connectivity index (χ2n) is 4.41. The maximum absolute atomic E-state index is 12.3. The van der Waals surface area contributed by atoms with Crippen molar-refractivity contribution >= 4 is 15.7 Å². The number of hydrogen-bond donors (Lipinski definition) is 2. The van der Waals surface area contributed by atoms with Gasteiger partial charge < -0.3 is 9.84 Å². The van der Waals surface area contributed by atoms with Crippen molar-refractivity contribution in [3.05, 3.63) is 36.0 Å². The minimum absolute atomic E-state index is 0.199. The highest BCUT2D eigenvalue weighted by Crippen LogP contribution is 2.20. The Bertz CT molecular complexity index is 697. The number of nitrogens with one attached hydrogen (secondary N) is 2. The Morgan fingerprint density at radius 1 is 1.29 bits per heavy atom. The molecule has 2 rings (SSSR count). The zero-order valence-electron chi connectivity index (χ0n) is 12.0. The van der Waals surface area contributed by atoms with Crippen molar-refractivity contribution < 1.29 is 12.9 Å². The van der Waals surface area contributed by atoms with Gasteiger partial charge in [-0.3, -0.25) is 0 Å². The Balaban J connectivity index is 2.04. The van der Waals surface area contributed by atoms with Crippen molar-refractivity contribution in [3.63, 3.8) is 0 Å². The van der Waals surface area contributed by atoms with Gasteiger partial charge in [0.05, 0.1) is 5.69 Å². The molecule has 0 atom stereocenters. The van der Waals surface area contributed by atoms with E-state index in [1.807, 2.05) is 6.92 Å². The second kappa shape index (κ2) is 6.68. The van der Waals surface area contributed by atoms with Gasteiger partial charge in [0.2, 0.25) is 15.9 Å². The molecule has 0 spiro atoms. The molecule has 2 aromatic rings. The minimum atomic E-state index is -3.58. The molecule has 0 aliphatic rings. The number of aromatic nitrogens is 2. The van der Waals surface area contributed by atoms with Gasteiger partial charge in [0, 0.05) is 19.5 Å². The zero-order chi connectivity index (χ0) is 15.3. The minimum Gasteiger partial charge on any atom is -0.384 e. The lowest BCUT2D eigenvalue weighted by atomic mass is 10.3. The van der Waals surface area contributed by atoms with Gasteiger partial charge >= 0.3 is 0 Å². The van der Waals surface area contributed by atoms with Crippen LogP contribution in [0.5, 0.6) is 0 Å². The fourth-order valence-electron chi connectivity index (χ4n) is 1.85. The Kier molecular flexibility index (Phi) is 4.92. The van der Waals surface area contributed by atoms with Crippen molar-refractivity contribution in [1.29, 1.82) is 0 Å². The first-order chi connectivity index (χ1) is 10.0. The number of para-hydroxylation sites is 1. The monoisotopic (exact) mass is 310 g/mol. The smallest absolute Gasteiger partial charge is 0.242 e. The van der Waals surface area contributed by atoms with E-state index < -0.39 is 10.0 Å². The van der Waals surface area contributed by atoms with E-state index in [1.54, 1.807) is 31.2 Å². The van der Waals surface area contributed by atoms with E-state index in [-0.39, 0.29) is 11.4 Å². The van der Waals surface area contributed by atoms with Crippen LogP contribution < -0.4 is 10.0 Å². The molecule has 0 saturated carbocycles. The highest BCUT2D eigenvalue weighted by Gasteiger charge is 2.17. The number of hydrogen-bond acceptors (Lipinski definition) is 6. The normalized spacial score (nSPS) is 11.5. The Hall–Kier alpha value is -1.93. The van der Waals surface area contributed by atoms with Crippen LogP contribution in [0.3, 0.4) is 0 Å². The van der Waals surface area contributed by atoms with Crippen molar-refractivity contribution in [2.45, 2.75) is 25.2 Å². The van der Waals surface area contributed by atoms with Crippen LogP contribution in [-0.2, 0) is 16.4 Å². The summed E-state index contributed by atoms with van der Waals surface area (Å²) < 4.78 is 32.1. The van der Waals surface area contributed by atoms with Crippen LogP contribution in [-0.4, -0.2) is 31.6 Å². The summed E-state index contributed by atoms with van der Waals surface area (Å²) in [6, 6.07) is 6.78. The third-order valence-electron chi connectivity index (χ3n) is 2.74. The van der Waals surface area contributed by atoms with Gasteiger partial charge in [-0.05, 0) is 26.0 Å². The van der Waals surface area contributed by atoms with E-state index in [0.717, 1.165) is 0 Å². The van der Waals surface area contributed by atoms with Crippen molar-refractivity contribution in [3.8, 4) is 0 Å². The zero-order valence-corrected chi connectivity index (χ0v) is 12.8. The molecule has 0 aliphatic heterocycles. The SMILES string of the molecule is CCNc1ccccc1S(=O)(=O)NCCc1nc(C)no1. The van der Waals surface area contributed by atoms with Gasteiger partial charge in [-0.2, -0.15) is 4.98 Å². The van der Waals surface area contributed by atoms with Crippen LogP contribution in [0, 0.1) is 6.92 Å². The quantitative estimate of drug-likeness (QED) is 0.801. The molecule has 0 fully saturated rings. The first-order valence-corrected chi connectivity index (χ1v) is 8.13. The standard InChI is InChI=1S/C13H18N4O3S/c1-3-14-11-6-4-5-7-12(11)21(18,19)15-9-8-13-16-10(2)17-20-13/h4-7,14-15H,3,8-9H2,1-2H3. The van der Waals surface area contributed by atoms with Crippen molar-refractivity contribution in [1.82, 2.24) is 14.9 Å². The van der Waals surface area contributed by atoms with Crippen molar-refractivity contribution in [2.24, 2.45) is 0 Å². The molecule has 21 heavy (non-hydrogen) atoms. The maximum Gasteiger partial charge on any atom is 0.242 e. The van der Waals surface area contributed by atoms with Crippen LogP contribution in [0.1, 0.15) is 18.6 Å². The maximum atomic E-state index is 12.3. The highest BCUT2D eigenvalue weighted by atomic mass is 32.2. The topological polar surface area (TPSA) is 97.1 Å². The molecule has 0 unspecified atom stereocenters. The predicted octanol–water partition coefficient (Wildman–Crippen LogP) is 1.33. The van der Waals surface area contributed by atoms with Crippen LogP contribution in [0.4, 0.5) is 5.69 Å². The summed E-state index contributed by atoms with van der Waals surface area (Å²) in [7, 11) is -3.58. The summed E-state index contributed by atoms with van der Waals surface area (Å²) >= 11 is 0. The second-order valence-corrected chi connectivity index (χ2v) is 6.14. The lowest BCUT2D eigenvalue weighted by Crippen LogP contribution is -2.27. The average Bonchev–Trinajstić information content (AvgIpc) is 2.85. The summed E-state index contributed by atoms with van der Waals surface area (Å²) in [5.41, 5.74) is 0.584. The Labute approximate surface area is 123 Å². The van der Waals surface area contributed by atoms with E-state index in [1.165, 1.54) is 0 Å². The van der Waals surface area contributed by atoms with E-state index in [4.69, 9.17) is 4.52 Å². The molecule has 114 valence electrons. The molecule has 0 radical (unpaired) electrons. The summed E-state index contributed by atoms with van der Waals surface area (Å²) in [5, 5.41) is 6.69. The van der Waals surface area contributed by atoms with E-state index in [9.17, 15) is 8.42 Å². The molecule has 0 amide bonds. The Morgan fingerprint density at radius 2 is 2.05 bits per heavy atom. The van der Waals surface area contributed by atoms with Crippen molar-refractivity contribution in [2.75, 3.05) is 18.4 Å². The van der Waals surface area contributed by atoms with Gasteiger partial charge in [-0.25, -0.2) is 13.1 Å². The van der Waals surface area contributed by atoms with E-state index >= 15 is 0 Å². The van der Waals surface area contributed by atoms with Gasteiger partial charge in [0.25, 0.3) is 0 Å². The number of anilines is 1. The lowest BCUT2D eigenvalue weighted by Gasteiger charge is -2.11. The van der Waals surface area contributed by atoms with Gasteiger partial charge in [-0.15, -0.1) is 0 Å². The van der Waals surface area contributed by atoms with Gasteiger partial charge in [0.15, 0.2) is 5.82 Å². The fraction of sp³-hybridized carbons (Fsp3) is 0.385. The third-order valence-corrected chi connectivity index (χ3v) is 4.26. The third kappa shape index (κ3) is 4.02. The molecule has 7 nitrogen and oxygen atoms in total. The molecular formula is C13H18N4O3S. The predicted molar refractivity (Wildman–Crippen MR) is 78.5 cm³/mol. The number of rotatable bonds is 7. The van der Waals surface area contributed by atoms with Crippen LogP contribution in [0.15, 0.2) is 33.7 Å². The van der Waals surface area contributed by atoms with Crippen LogP contribution in [0.25, 0.3) is 0 Å². The highest BCUT2D eigenvalue weighted by molar-refractivity contribution is 7.89. The van der Waals surface area contributed by atoms with E-state index in [0.29, 0.717) is 30.4 Å². The largest absolute Gasteiger partial charge is 0.384 e. The first kappa shape index (κ1) is 15.5. The molecule has 0 aliphatic carbocycles. The molecule has 8 heteroatoms. The van der Waals surface area contributed by atoms with Gasteiger partial charge in [0.1, 0.15) is 4.90 Å². The van der Waals surface area contributed by atoms with E-state index in [2.05, 4.69) is 20.2 Å². The number of sulfonamides is 1. The van der Waals surface area contributed by atoms with Crippen LogP contribution in [0.2, 0.25) is 0 Å². The lowest BCUT2D eigenvalue weighted by molar-refractivity contribution is 0.375. The number of aryl methyl sites for hydroxylation is 1. The summed E-state index contributed by atoms with van der Waals surface area (Å²) in [5.74, 6) is 0.945. The van der Waals surface area contributed by atoms with Gasteiger partial charge in [-0.1, -0.05) is 17.3 Å². The molecular weight excluding hydrogens is 292 g/mol. The summed E-state index contributed by atoms with van der Waals surface area (Å²) in [6.45, 7) is 4.47. The molecule has 1 aromatic heterocycles. The molecule has 2 N–H and O–H groups in total. The molecule has 1 aromatic carbocycles. The first-order valence-electron chi connectivity index (χ1n) is 6.64. The number of nitrogens with zero attached hydrogens (tertiary/aromatic N) is 2. The Morgan fingerprint density at radius 3 is 2.71 bits per heavy atom. The molecule has 0 saturated heterocycles. The summed E-state index contributed by atoms with van der Waals surface area (Å²) in [4.78, 5) is 4.26. The van der Waals surface area contributed by atoms with Crippen LogP contribution >= 0.6 is 0 Å². The average molecular weight is 310 g/mol. The fourth-order valence-corrected chi connectivity index (χ4v) is 3.06.